The van der Waals surface area contributed by atoms with E-state index < -0.39 is 10.0 Å². The Morgan fingerprint density at radius 2 is 2.20 bits per heavy atom. The van der Waals surface area contributed by atoms with Crippen LogP contribution in [-0.4, -0.2) is 19.9 Å². The molecule has 4 N–H and O–H groups in total. The first kappa shape index (κ1) is 13.8. The summed E-state index contributed by atoms with van der Waals surface area (Å²) in [5.41, 5.74) is 2.36. The van der Waals surface area contributed by atoms with Crippen LogP contribution in [0, 0.1) is 17.8 Å². The smallest absolute Gasteiger partial charge is 0.240 e. The molecule has 3 atom stereocenters. The molecule has 0 amide bonds. The molecule has 3 rings (SSSR count). The van der Waals surface area contributed by atoms with Gasteiger partial charge in [0.05, 0.1) is 4.90 Å². The fraction of sp³-hybridized carbons (Fsp3) is 0.615. The maximum Gasteiger partial charge on any atom is 0.240 e. The Morgan fingerprint density at radius 3 is 2.85 bits per heavy atom. The van der Waals surface area contributed by atoms with Gasteiger partial charge in [0, 0.05) is 18.8 Å². The average Bonchev–Trinajstić information content (AvgIpc) is 3.08. The van der Waals surface area contributed by atoms with Gasteiger partial charge in [0.15, 0.2) is 0 Å². The van der Waals surface area contributed by atoms with E-state index in [1.54, 1.807) is 0 Å². The number of pyridine rings is 1. The highest BCUT2D eigenvalue weighted by atomic mass is 32.2. The Morgan fingerprint density at radius 1 is 1.35 bits per heavy atom. The molecule has 2 aliphatic carbocycles. The van der Waals surface area contributed by atoms with Gasteiger partial charge in [0.25, 0.3) is 0 Å². The molecule has 20 heavy (non-hydrogen) atoms. The Bertz CT molecular complexity index is 590. The monoisotopic (exact) mass is 296 g/mol. The van der Waals surface area contributed by atoms with Crippen molar-refractivity contribution in [2.75, 3.05) is 12.0 Å². The molecule has 7 heteroatoms. The zero-order valence-corrected chi connectivity index (χ0v) is 12.1. The maximum absolute atomic E-state index is 12.3. The van der Waals surface area contributed by atoms with Gasteiger partial charge in [0.1, 0.15) is 5.82 Å². The van der Waals surface area contributed by atoms with Gasteiger partial charge in [-0.25, -0.2) is 24.0 Å². The van der Waals surface area contributed by atoms with Crippen LogP contribution in [0.3, 0.4) is 0 Å². The van der Waals surface area contributed by atoms with E-state index in [1.165, 1.54) is 44.0 Å². The number of aromatic nitrogens is 1. The molecule has 0 radical (unpaired) electrons. The molecule has 110 valence electrons. The Kier molecular flexibility index (Phi) is 3.66. The van der Waals surface area contributed by atoms with Crippen LogP contribution in [0.2, 0.25) is 0 Å². The molecular formula is C13H20N4O2S. The molecule has 0 spiro atoms. The summed E-state index contributed by atoms with van der Waals surface area (Å²) in [7, 11) is -3.48. The van der Waals surface area contributed by atoms with Gasteiger partial charge in [-0.1, -0.05) is 6.42 Å². The van der Waals surface area contributed by atoms with E-state index in [0.717, 1.165) is 5.92 Å². The van der Waals surface area contributed by atoms with Crippen molar-refractivity contribution in [3.8, 4) is 0 Å². The second-order valence-electron chi connectivity index (χ2n) is 5.81. The number of rotatable bonds is 5. The summed E-state index contributed by atoms with van der Waals surface area (Å²) in [5, 5.41) is 0. The van der Waals surface area contributed by atoms with Crippen molar-refractivity contribution >= 4 is 15.8 Å². The van der Waals surface area contributed by atoms with Gasteiger partial charge in [-0.15, -0.1) is 0 Å². The van der Waals surface area contributed by atoms with Crippen molar-refractivity contribution < 1.29 is 8.42 Å². The molecule has 1 aromatic heterocycles. The van der Waals surface area contributed by atoms with E-state index in [0.29, 0.717) is 24.2 Å². The molecule has 1 aromatic rings. The number of nitrogens with one attached hydrogen (secondary N) is 2. The molecule has 2 fully saturated rings. The number of sulfonamides is 1. The van der Waals surface area contributed by atoms with Gasteiger partial charge in [0.2, 0.25) is 10.0 Å². The lowest BCUT2D eigenvalue weighted by Crippen LogP contribution is -2.31. The first-order valence-corrected chi connectivity index (χ1v) is 8.49. The van der Waals surface area contributed by atoms with Crippen molar-refractivity contribution in [1.82, 2.24) is 9.71 Å². The number of hydrogen-bond acceptors (Lipinski definition) is 5. The topological polar surface area (TPSA) is 97.1 Å². The first-order chi connectivity index (χ1) is 9.58. The van der Waals surface area contributed by atoms with Crippen molar-refractivity contribution in [2.45, 2.75) is 30.6 Å². The third kappa shape index (κ3) is 2.65. The molecule has 0 saturated heterocycles. The lowest BCUT2D eigenvalue weighted by molar-refractivity contribution is 0.333. The summed E-state index contributed by atoms with van der Waals surface area (Å²) >= 11 is 0. The van der Waals surface area contributed by atoms with Crippen molar-refractivity contribution in [3.63, 3.8) is 0 Å². The van der Waals surface area contributed by atoms with E-state index in [2.05, 4.69) is 15.1 Å². The fourth-order valence-corrected chi connectivity index (χ4v) is 4.69. The van der Waals surface area contributed by atoms with Crippen LogP contribution in [0.4, 0.5) is 5.82 Å². The summed E-state index contributed by atoms with van der Waals surface area (Å²) < 4.78 is 27.2. The Labute approximate surface area is 119 Å². The normalized spacial score (nSPS) is 28.8. The van der Waals surface area contributed by atoms with Crippen molar-refractivity contribution in [3.05, 3.63) is 18.3 Å². The van der Waals surface area contributed by atoms with E-state index in [-0.39, 0.29) is 4.90 Å². The minimum absolute atomic E-state index is 0.198. The van der Waals surface area contributed by atoms with Crippen LogP contribution in [0.5, 0.6) is 0 Å². The molecule has 3 unspecified atom stereocenters. The number of nitrogens with two attached hydrogens (primary N) is 1. The fourth-order valence-electron chi connectivity index (χ4n) is 3.58. The SMILES string of the molecule is NNc1cc(S(=O)(=O)NCC2CC3CCC2C3)ccn1. The third-order valence-corrected chi connectivity index (χ3v) is 6.03. The molecule has 0 aliphatic heterocycles. The van der Waals surface area contributed by atoms with Crippen LogP contribution in [0.1, 0.15) is 25.7 Å². The summed E-state index contributed by atoms with van der Waals surface area (Å²) in [6.07, 6.45) is 6.46. The number of nitrogen functional groups attached to an aromatic ring is 1. The molecule has 2 aliphatic rings. The second kappa shape index (κ2) is 5.31. The first-order valence-electron chi connectivity index (χ1n) is 7.01. The van der Waals surface area contributed by atoms with Gasteiger partial charge < -0.3 is 5.43 Å². The Hall–Kier alpha value is -1.18. The summed E-state index contributed by atoms with van der Waals surface area (Å²) in [5.74, 6) is 7.62. The van der Waals surface area contributed by atoms with Crippen molar-refractivity contribution in [1.29, 1.82) is 0 Å². The van der Waals surface area contributed by atoms with E-state index in [9.17, 15) is 8.42 Å². The van der Waals surface area contributed by atoms with Crippen LogP contribution in [0.15, 0.2) is 23.2 Å². The summed E-state index contributed by atoms with van der Waals surface area (Å²) in [4.78, 5) is 4.11. The molecule has 6 nitrogen and oxygen atoms in total. The molecular weight excluding hydrogens is 276 g/mol. The van der Waals surface area contributed by atoms with Gasteiger partial charge >= 0.3 is 0 Å². The van der Waals surface area contributed by atoms with Gasteiger partial charge in [-0.3, -0.25) is 0 Å². The number of hydrazine groups is 1. The summed E-state index contributed by atoms with van der Waals surface area (Å²) in [6, 6.07) is 2.91. The number of hydrogen-bond donors (Lipinski definition) is 3. The predicted molar refractivity (Wildman–Crippen MR) is 76.2 cm³/mol. The number of nitrogens with zero attached hydrogens (tertiary/aromatic N) is 1. The largest absolute Gasteiger partial charge is 0.308 e. The van der Waals surface area contributed by atoms with Gasteiger partial charge in [-0.05, 0) is 43.1 Å². The predicted octanol–water partition coefficient (Wildman–Crippen LogP) is 1.08. The second-order valence-corrected chi connectivity index (χ2v) is 7.57. The van der Waals surface area contributed by atoms with E-state index >= 15 is 0 Å². The van der Waals surface area contributed by atoms with E-state index in [4.69, 9.17) is 5.84 Å². The molecule has 2 saturated carbocycles. The average molecular weight is 296 g/mol. The highest BCUT2D eigenvalue weighted by molar-refractivity contribution is 7.89. The summed E-state index contributed by atoms with van der Waals surface area (Å²) in [6.45, 7) is 0.539. The maximum atomic E-state index is 12.3. The van der Waals surface area contributed by atoms with Crippen LogP contribution in [0.25, 0.3) is 0 Å². The molecule has 0 aromatic carbocycles. The van der Waals surface area contributed by atoms with Crippen LogP contribution in [-0.2, 0) is 10.0 Å². The van der Waals surface area contributed by atoms with Crippen LogP contribution >= 0.6 is 0 Å². The quantitative estimate of drug-likeness (QED) is 0.558. The lowest BCUT2D eigenvalue weighted by Gasteiger charge is -2.21. The van der Waals surface area contributed by atoms with Gasteiger partial charge in [-0.2, -0.15) is 0 Å². The lowest BCUT2D eigenvalue weighted by atomic mass is 9.89. The zero-order valence-electron chi connectivity index (χ0n) is 11.2. The standard InChI is InChI=1S/C13H20N4O2S/c14-17-13-7-12(3-4-15-13)20(18,19)16-8-11-6-9-1-2-10(11)5-9/h3-4,7,9-11,16H,1-2,5-6,8,14H2,(H,15,17). The van der Waals surface area contributed by atoms with E-state index in [1.807, 2.05) is 0 Å². The zero-order chi connectivity index (χ0) is 14.2. The number of fused-ring (bicyclic) bond motifs is 2. The minimum Gasteiger partial charge on any atom is -0.308 e. The highest BCUT2D eigenvalue weighted by Crippen LogP contribution is 2.48. The Balaban J connectivity index is 1.66. The highest BCUT2D eigenvalue weighted by Gasteiger charge is 2.39. The van der Waals surface area contributed by atoms with Crippen molar-refractivity contribution in [2.24, 2.45) is 23.6 Å². The van der Waals surface area contributed by atoms with Crippen LogP contribution < -0.4 is 16.0 Å². The molecule has 1 heterocycles. The number of anilines is 1. The molecule has 2 bridgehead atoms. The minimum atomic E-state index is -3.48. The third-order valence-electron chi connectivity index (χ3n) is 4.61.